The van der Waals surface area contributed by atoms with Crippen LogP contribution >= 0.6 is 0 Å². The van der Waals surface area contributed by atoms with Gasteiger partial charge in [-0.25, -0.2) is 13.1 Å². The van der Waals surface area contributed by atoms with Gasteiger partial charge >= 0.3 is 6.18 Å². The molecule has 0 spiro atoms. The second kappa shape index (κ2) is 7.02. The Bertz CT molecular complexity index is 456. The SMILES string of the molecule is C[C@H](NS(=O)(=O)[C@H]1CCOC1)C1CCN(CC(F)(F)F)CC1. The van der Waals surface area contributed by atoms with Crippen molar-refractivity contribution >= 4 is 10.0 Å². The molecule has 0 aromatic heterocycles. The summed E-state index contributed by atoms with van der Waals surface area (Å²) in [7, 11) is -3.42. The maximum Gasteiger partial charge on any atom is 0.401 e. The van der Waals surface area contributed by atoms with E-state index in [0.29, 0.717) is 39.0 Å². The molecule has 2 atom stereocenters. The first-order valence-corrected chi connectivity index (χ1v) is 9.10. The van der Waals surface area contributed by atoms with Gasteiger partial charge in [0.25, 0.3) is 0 Å². The summed E-state index contributed by atoms with van der Waals surface area (Å²) in [6, 6.07) is -0.265. The van der Waals surface area contributed by atoms with Gasteiger partial charge in [-0.1, -0.05) is 0 Å². The second-order valence-electron chi connectivity index (χ2n) is 6.17. The van der Waals surface area contributed by atoms with E-state index in [0.717, 1.165) is 0 Å². The number of nitrogens with zero attached hydrogens (tertiary/aromatic N) is 1. The van der Waals surface area contributed by atoms with Crippen LogP contribution in [0.5, 0.6) is 0 Å². The Balaban J connectivity index is 1.81. The first-order valence-electron chi connectivity index (χ1n) is 7.55. The van der Waals surface area contributed by atoms with E-state index < -0.39 is 28.0 Å². The summed E-state index contributed by atoms with van der Waals surface area (Å²) in [5, 5.41) is -0.514. The van der Waals surface area contributed by atoms with Crippen LogP contribution in [-0.2, 0) is 14.8 Å². The summed E-state index contributed by atoms with van der Waals surface area (Å²) in [6.07, 6.45) is -2.55. The second-order valence-corrected chi connectivity index (χ2v) is 8.16. The summed E-state index contributed by atoms with van der Waals surface area (Å²) in [5.74, 6) is 0.0709. The van der Waals surface area contributed by atoms with Crippen molar-refractivity contribution in [2.45, 2.75) is 43.7 Å². The molecular formula is C13H23F3N2O3S. The first-order chi connectivity index (χ1) is 10.2. The molecule has 0 saturated carbocycles. The summed E-state index contributed by atoms with van der Waals surface area (Å²) >= 11 is 0. The minimum Gasteiger partial charge on any atom is -0.380 e. The molecule has 0 aromatic rings. The topological polar surface area (TPSA) is 58.6 Å². The number of ether oxygens (including phenoxy) is 1. The Hall–Kier alpha value is -0.380. The fourth-order valence-electron chi connectivity index (χ4n) is 3.07. The third-order valence-electron chi connectivity index (χ3n) is 4.42. The maximum absolute atomic E-state index is 12.3. The van der Waals surface area contributed by atoms with E-state index in [-0.39, 0.29) is 18.6 Å². The van der Waals surface area contributed by atoms with Crippen LogP contribution in [0.25, 0.3) is 0 Å². The van der Waals surface area contributed by atoms with Gasteiger partial charge in [0, 0.05) is 12.6 Å². The zero-order chi connectivity index (χ0) is 16.4. The number of hydrogen-bond donors (Lipinski definition) is 1. The highest BCUT2D eigenvalue weighted by atomic mass is 32.2. The summed E-state index contributed by atoms with van der Waals surface area (Å²) in [6.45, 7) is 2.27. The fourth-order valence-corrected chi connectivity index (χ4v) is 4.66. The van der Waals surface area contributed by atoms with Gasteiger partial charge in [0.05, 0.1) is 13.2 Å². The zero-order valence-corrected chi connectivity index (χ0v) is 13.4. The van der Waals surface area contributed by atoms with Crippen LogP contribution in [0.3, 0.4) is 0 Å². The Morgan fingerprint density at radius 2 is 1.91 bits per heavy atom. The van der Waals surface area contributed by atoms with E-state index in [1.807, 2.05) is 0 Å². The first kappa shape index (κ1) is 18.0. The number of likely N-dealkylation sites (tertiary alicyclic amines) is 1. The van der Waals surface area contributed by atoms with Crippen LogP contribution in [0.1, 0.15) is 26.2 Å². The Morgan fingerprint density at radius 1 is 1.27 bits per heavy atom. The van der Waals surface area contributed by atoms with Crippen molar-refractivity contribution in [3.63, 3.8) is 0 Å². The van der Waals surface area contributed by atoms with Gasteiger partial charge in [0.1, 0.15) is 5.25 Å². The van der Waals surface area contributed by atoms with Gasteiger partial charge in [-0.3, -0.25) is 4.90 Å². The number of alkyl halides is 3. The zero-order valence-electron chi connectivity index (χ0n) is 12.6. The average Bonchev–Trinajstić information content (AvgIpc) is 2.91. The third kappa shape index (κ3) is 5.07. The number of hydrogen-bond acceptors (Lipinski definition) is 4. The quantitative estimate of drug-likeness (QED) is 0.818. The van der Waals surface area contributed by atoms with Crippen molar-refractivity contribution in [2.24, 2.45) is 5.92 Å². The molecule has 0 amide bonds. The third-order valence-corrected chi connectivity index (χ3v) is 6.37. The molecular weight excluding hydrogens is 321 g/mol. The van der Waals surface area contributed by atoms with Crippen molar-refractivity contribution in [1.82, 2.24) is 9.62 Å². The van der Waals surface area contributed by atoms with Crippen molar-refractivity contribution in [1.29, 1.82) is 0 Å². The van der Waals surface area contributed by atoms with Gasteiger partial charge in [0.15, 0.2) is 0 Å². The molecule has 1 N–H and O–H groups in total. The van der Waals surface area contributed by atoms with Crippen molar-refractivity contribution in [3.8, 4) is 0 Å². The number of sulfonamides is 1. The van der Waals surface area contributed by atoms with E-state index >= 15 is 0 Å². The van der Waals surface area contributed by atoms with Crippen molar-refractivity contribution in [3.05, 3.63) is 0 Å². The smallest absolute Gasteiger partial charge is 0.380 e. The lowest BCUT2D eigenvalue weighted by Gasteiger charge is -2.35. The molecule has 130 valence electrons. The largest absolute Gasteiger partial charge is 0.401 e. The maximum atomic E-state index is 12.3. The van der Waals surface area contributed by atoms with Crippen molar-refractivity contribution in [2.75, 3.05) is 32.8 Å². The monoisotopic (exact) mass is 344 g/mol. The molecule has 0 aliphatic carbocycles. The molecule has 2 fully saturated rings. The van der Waals surface area contributed by atoms with Crippen LogP contribution in [0.2, 0.25) is 0 Å². The highest BCUT2D eigenvalue weighted by Gasteiger charge is 2.35. The normalized spacial score (nSPS) is 27.2. The van der Waals surface area contributed by atoms with E-state index in [1.165, 1.54) is 4.90 Å². The molecule has 0 radical (unpaired) electrons. The fraction of sp³-hybridized carbons (Fsp3) is 1.00. The van der Waals surface area contributed by atoms with Gasteiger partial charge in [-0.2, -0.15) is 13.2 Å². The minimum absolute atomic E-state index is 0.0709. The molecule has 0 bridgehead atoms. The van der Waals surface area contributed by atoms with Gasteiger partial charge in [-0.05, 0) is 45.2 Å². The van der Waals surface area contributed by atoms with Crippen molar-refractivity contribution < 1.29 is 26.3 Å². The number of nitrogens with one attached hydrogen (secondary N) is 1. The lowest BCUT2D eigenvalue weighted by molar-refractivity contribution is -0.148. The summed E-state index contributed by atoms with van der Waals surface area (Å²) in [5.41, 5.74) is 0. The van der Waals surface area contributed by atoms with Crippen LogP contribution < -0.4 is 4.72 Å². The predicted molar refractivity (Wildman–Crippen MR) is 76.0 cm³/mol. The van der Waals surface area contributed by atoms with Crippen LogP contribution in [0, 0.1) is 5.92 Å². The molecule has 0 aromatic carbocycles. The lowest BCUT2D eigenvalue weighted by Crippen LogP contribution is -2.47. The lowest BCUT2D eigenvalue weighted by atomic mass is 9.91. The highest BCUT2D eigenvalue weighted by Crippen LogP contribution is 2.25. The minimum atomic E-state index is -4.18. The number of halogens is 3. The molecule has 2 aliphatic rings. The van der Waals surface area contributed by atoms with E-state index in [2.05, 4.69) is 4.72 Å². The molecule has 2 rings (SSSR count). The molecule has 2 heterocycles. The Morgan fingerprint density at radius 3 is 2.41 bits per heavy atom. The van der Waals surface area contributed by atoms with Crippen LogP contribution in [-0.4, -0.2) is 63.6 Å². The van der Waals surface area contributed by atoms with E-state index in [1.54, 1.807) is 6.92 Å². The van der Waals surface area contributed by atoms with E-state index in [9.17, 15) is 21.6 Å². The van der Waals surface area contributed by atoms with Gasteiger partial charge < -0.3 is 4.74 Å². The van der Waals surface area contributed by atoms with Gasteiger partial charge in [0.2, 0.25) is 10.0 Å². The van der Waals surface area contributed by atoms with E-state index in [4.69, 9.17) is 4.74 Å². The van der Waals surface area contributed by atoms with Gasteiger partial charge in [-0.15, -0.1) is 0 Å². The molecule has 5 nitrogen and oxygen atoms in total. The Kier molecular flexibility index (Phi) is 5.73. The summed E-state index contributed by atoms with van der Waals surface area (Å²) < 4.78 is 69.2. The molecule has 2 aliphatic heterocycles. The molecule has 9 heteroatoms. The van der Waals surface area contributed by atoms with Crippen LogP contribution in [0.15, 0.2) is 0 Å². The van der Waals surface area contributed by atoms with Crippen LogP contribution in [0.4, 0.5) is 13.2 Å². The predicted octanol–water partition coefficient (Wildman–Crippen LogP) is 1.36. The standard InChI is InChI=1S/C13H23F3N2O3S/c1-10(17-22(19,20)12-4-7-21-8-12)11-2-5-18(6-3-11)9-13(14,15)16/h10-12,17H,2-9H2,1H3/t10-,12-/m0/s1. The number of rotatable bonds is 5. The highest BCUT2D eigenvalue weighted by molar-refractivity contribution is 7.90. The molecule has 22 heavy (non-hydrogen) atoms. The Labute approximate surface area is 129 Å². The molecule has 0 unspecified atom stereocenters. The summed E-state index contributed by atoms with van der Waals surface area (Å²) in [4.78, 5) is 1.38. The number of piperidine rings is 1. The molecule has 2 saturated heterocycles. The average molecular weight is 344 g/mol.